The topological polar surface area (TPSA) is 25.8 Å². The van der Waals surface area contributed by atoms with Crippen molar-refractivity contribution in [3.63, 3.8) is 0 Å². The highest BCUT2D eigenvalue weighted by Gasteiger charge is 2.04. The van der Waals surface area contributed by atoms with E-state index in [1.54, 1.807) is 6.07 Å². The van der Waals surface area contributed by atoms with Crippen molar-refractivity contribution in [2.24, 2.45) is 0 Å². The molecule has 0 bridgehead atoms. The Kier molecular flexibility index (Phi) is 2.69. The van der Waals surface area contributed by atoms with Crippen molar-refractivity contribution in [3.05, 3.63) is 46.9 Å². The molecule has 0 unspecified atom stereocenters. The highest BCUT2D eigenvalue weighted by atomic mass is 35.5. The summed E-state index contributed by atoms with van der Waals surface area (Å²) in [4.78, 5) is 8.41. The Balaban J connectivity index is 2.59. The fraction of sp³-hybridized carbons (Fsp3) is 0.167. The second kappa shape index (κ2) is 3.99. The lowest BCUT2D eigenvalue weighted by molar-refractivity contribution is 1.06. The molecule has 3 heteroatoms. The molecule has 0 N–H and O–H groups in total. The van der Waals surface area contributed by atoms with Gasteiger partial charge in [-0.1, -0.05) is 35.9 Å². The molecular formula is C12H11ClN2. The zero-order valence-electron chi connectivity index (χ0n) is 8.66. The van der Waals surface area contributed by atoms with Crippen molar-refractivity contribution >= 4 is 11.6 Å². The quantitative estimate of drug-likeness (QED) is 0.686. The summed E-state index contributed by atoms with van der Waals surface area (Å²) in [6.07, 6.45) is 0. The molecule has 2 nitrogen and oxygen atoms in total. The lowest BCUT2D eigenvalue weighted by atomic mass is 10.1. The van der Waals surface area contributed by atoms with Gasteiger partial charge in [-0.25, -0.2) is 9.97 Å². The van der Waals surface area contributed by atoms with Crippen LogP contribution in [-0.4, -0.2) is 9.97 Å². The van der Waals surface area contributed by atoms with Crippen LogP contribution in [0.25, 0.3) is 11.3 Å². The maximum Gasteiger partial charge on any atom is 0.133 e. The molecule has 1 aromatic carbocycles. The molecule has 0 amide bonds. The molecule has 2 aromatic rings. The van der Waals surface area contributed by atoms with Gasteiger partial charge in [0.25, 0.3) is 0 Å². The Morgan fingerprint density at radius 2 is 1.80 bits per heavy atom. The molecule has 76 valence electrons. The van der Waals surface area contributed by atoms with Gasteiger partial charge in [-0.15, -0.1) is 0 Å². The maximum atomic E-state index is 5.90. The van der Waals surface area contributed by atoms with Crippen molar-refractivity contribution < 1.29 is 0 Å². The fourth-order valence-electron chi connectivity index (χ4n) is 1.53. The lowest BCUT2D eigenvalue weighted by Gasteiger charge is -2.05. The first-order valence-electron chi connectivity index (χ1n) is 4.74. The van der Waals surface area contributed by atoms with Gasteiger partial charge >= 0.3 is 0 Å². The summed E-state index contributed by atoms with van der Waals surface area (Å²) < 4.78 is 0. The first-order chi connectivity index (χ1) is 7.16. The van der Waals surface area contributed by atoms with E-state index in [1.165, 1.54) is 5.56 Å². The minimum absolute atomic E-state index is 0.487. The third kappa shape index (κ3) is 2.16. The van der Waals surface area contributed by atoms with Crippen LogP contribution in [-0.2, 0) is 0 Å². The van der Waals surface area contributed by atoms with E-state index < -0.39 is 0 Å². The van der Waals surface area contributed by atoms with Gasteiger partial charge in [-0.05, 0) is 19.4 Å². The number of nitrogens with zero attached hydrogens (tertiary/aromatic N) is 2. The minimum atomic E-state index is 0.487. The Bertz CT molecular complexity index is 474. The highest BCUT2D eigenvalue weighted by molar-refractivity contribution is 6.29. The second-order valence-corrected chi connectivity index (χ2v) is 3.83. The van der Waals surface area contributed by atoms with E-state index in [0.717, 1.165) is 11.3 Å². The number of halogens is 1. The van der Waals surface area contributed by atoms with Crippen LogP contribution in [0.2, 0.25) is 5.15 Å². The van der Waals surface area contributed by atoms with Crippen molar-refractivity contribution in [3.8, 4) is 11.3 Å². The van der Waals surface area contributed by atoms with Gasteiger partial charge in [0.1, 0.15) is 11.0 Å². The maximum absolute atomic E-state index is 5.90. The van der Waals surface area contributed by atoms with Crippen LogP contribution in [0.5, 0.6) is 0 Å². The first kappa shape index (κ1) is 10.1. The van der Waals surface area contributed by atoms with E-state index in [0.29, 0.717) is 11.0 Å². The molecule has 0 saturated heterocycles. The van der Waals surface area contributed by atoms with Gasteiger partial charge in [-0.2, -0.15) is 0 Å². The number of hydrogen-bond donors (Lipinski definition) is 0. The molecule has 0 saturated carbocycles. The standard InChI is InChI=1S/C12H11ClN2/c1-8-5-3-4-6-10(8)11-7-12(13)15-9(2)14-11/h3-7H,1-2H3. The van der Waals surface area contributed by atoms with Gasteiger partial charge in [0.05, 0.1) is 5.69 Å². The average Bonchev–Trinajstić information content (AvgIpc) is 2.16. The molecule has 0 aliphatic carbocycles. The van der Waals surface area contributed by atoms with E-state index in [9.17, 15) is 0 Å². The zero-order chi connectivity index (χ0) is 10.8. The van der Waals surface area contributed by atoms with Crippen LogP contribution in [0, 0.1) is 13.8 Å². The van der Waals surface area contributed by atoms with Crippen LogP contribution < -0.4 is 0 Å². The number of benzene rings is 1. The van der Waals surface area contributed by atoms with Crippen LogP contribution in [0.4, 0.5) is 0 Å². The SMILES string of the molecule is Cc1nc(Cl)cc(-c2ccccc2C)n1. The Morgan fingerprint density at radius 1 is 1.07 bits per heavy atom. The third-order valence-electron chi connectivity index (χ3n) is 2.23. The normalized spacial score (nSPS) is 10.3. The largest absolute Gasteiger partial charge is 0.233 e. The molecule has 0 atom stereocenters. The third-order valence-corrected chi connectivity index (χ3v) is 2.42. The molecule has 1 heterocycles. The van der Waals surface area contributed by atoms with Crippen LogP contribution in [0.15, 0.2) is 30.3 Å². The summed E-state index contributed by atoms with van der Waals surface area (Å²) in [5.41, 5.74) is 3.17. The highest BCUT2D eigenvalue weighted by Crippen LogP contribution is 2.22. The van der Waals surface area contributed by atoms with E-state index in [1.807, 2.05) is 25.1 Å². The summed E-state index contributed by atoms with van der Waals surface area (Å²) in [6, 6.07) is 9.88. The van der Waals surface area contributed by atoms with E-state index >= 15 is 0 Å². The summed E-state index contributed by atoms with van der Waals surface area (Å²) in [7, 11) is 0. The summed E-state index contributed by atoms with van der Waals surface area (Å²) in [5.74, 6) is 0.695. The lowest BCUT2D eigenvalue weighted by Crippen LogP contribution is -1.92. The molecule has 0 aliphatic rings. The second-order valence-electron chi connectivity index (χ2n) is 3.44. The molecule has 15 heavy (non-hydrogen) atoms. The Morgan fingerprint density at radius 3 is 2.47 bits per heavy atom. The average molecular weight is 219 g/mol. The zero-order valence-corrected chi connectivity index (χ0v) is 9.42. The summed E-state index contributed by atoms with van der Waals surface area (Å²) in [5, 5.41) is 0.487. The minimum Gasteiger partial charge on any atom is -0.233 e. The summed E-state index contributed by atoms with van der Waals surface area (Å²) in [6.45, 7) is 3.90. The Labute approximate surface area is 94.0 Å². The number of hydrogen-bond acceptors (Lipinski definition) is 2. The van der Waals surface area contributed by atoms with Gasteiger partial charge in [0, 0.05) is 11.6 Å². The number of rotatable bonds is 1. The molecular weight excluding hydrogens is 208 g/mol. The molecule has 0 fully saturated rings. The molecule has 2 rings (SSSR count). The van der Waals surface area contributed by atoms with Gasteiger partial charge < -0.3 is 0 Å². The summed E-state index contributed by atoms with van der Waals surface area (Å²) >= 11 is 5.90. The number of aromatic nitrogens is 2. The smallest absolute Gasteiger partial charge is 0.133 e. The van der Waals surface area contributed by atoms with E-state index in [-0.39, 0.29) is 0 Å². The van der Waals surface area contributed by atoms with E-state index in [4.69, 9.17) is 11.6 Å². The monoisotopic (exact) mass is 218 g/mol. The molecule has 1 aromatic heterocycles. The van der Waals surface area contributed by atoms with Crippen molar-refractivity contribution in [1.29, 1.82) is 0 Å². The molecule has 0 spiro atoms. The van der Waals surface area contributed by atoms with Gasteiger partial charge in [0.2, 0.25) is 0 Å². The van der Waals surface area contributed by atoms with Crippen LogP contribution in [0.1, 0.15) is 11.4 Å². The Hall–Kier alpha value is -1.41. The van der Waals surface area contributed by atoms with Crippen LogP contribution >= 0.6 is 11.6 Å². The number of aryl methyl sites for hydroxylation is 2. The van der Waals surface area contributed by atoms with Gasteiger partial charge in [-0.3, -0.25) is 0 Å². The van der Waals surface area contributed by atoms with Crippen molar-refractivity contribution in [2.45, 2.75) is 13.8 Å². The fourth-order valence-corrected chi connectivity index (χ4v) is 1.76. The van der Waals surface area contributed by atoms with Crippen molar-refractivity contribution in [1.82, 2.24) is 9.97 Å². The van der Waals surface area contributed by atoms with Crippen molar-refractivity contribution in [2.75, 3.05) is 0 Å². The van der Waals surface area contributed by atoms with Crippen LogP contribution in [0.3, 0.4) is 0 Å². The predicted octanol–water partition coefficient (Wildman–Crippen LogP) is 3.41. The van der Waals surface area contributed by atoms with Gasteiger partial charge in [0.15, 0.2) is 0 Å². The van der Waals surface area contributed by atoms with E-state index in [2.05, 4.69) is 23.0 Å². The first-order valence-corrected chi connectivity index (χ1v) is 5.12. The predicted molar refractivity (Wildman–Crippen MR) is 62.0 cm³/mol. The molecule has 0 radical (unpaired) electrons. The molecule has 0 aliphatic heterocycles.